The highest BCUT2D eigenvalue weighted by atomic mass is 35.5. The lowest BCUT2D eigenvalue weighted by molar-refractivity contribution is -0.123. The summed E-state index contributed by atoms with van der Waals surface area (Å²) in [6.07, 6.45) is 1.66. The SMILES string of the molecule is COc1cccc(/C=C2\SC(=O)N(CCOc3ccc(C)cc3)C2=O)c1OCc1ccc(Cl)cc1. The number of hydrogen-bond acceptors (Lipinski definition) is 6. The lowest BCUT2D eigenvalue weighted by atomic mass is 10.1. The molecular formula is C27H24ClNO5S. The molecule has 8 heteroatoms. The van der Waals surface area contributed by atoms with Crippen LogP contribution < -0.4 is 14.2 Å². The lowest BCUT2D eigenvalue weighted by Gasteiger charge is -2.14. The Hall–Kier alpha value is -3.42. The molecular weight excluding hydrogens is 486 g/mol. The number of benzene rings is 3. The molecule has 2 amide bonds. The number of halogens is 1. The Kier molecular flexibility index (Phi) is 8.00. The van der Waals surface area contributed by atoms with Gasteiger partial charge in [-0.15, -0.1) is 0 Å². The number of hydrogen-bond donors (Lipinski definition) is 0. The summed E-state index contributed by atoms with van der Waals surface area (Å²) in [6, 6.07) is 20.3. The van der Waals surface area contributed by atoms with Crippen LogP contribution in [0.25, 0.3) is 6.08 Å². The predicted molar refractivity (Wildman–Crippen MR) is 138 cm³/mol. The van der Waals surface area contributed by atoms with E-state index in [0.29, 0.717) is 32.7 Å². The quantitative estimate of drug-likeness (QED) is 0.313. The van der Waals surface area contributed by atoms with E-state index in [9.17, 15) is 9.59 Å². The van der Waals surface area contributed by atoms with Crippen molar-refractivity contribution in [2.75, 3.05) is 20.3 Å². The lowest BCUT2D eigenvalue weighted by Crippen LogP contribution is -2.32. The normalized spacial score (nSPS) is 14.5. The minimum absolute atomic E-state index is 0.161. The molecule has 180 valence electrons. The molecule has 0 bridgehead atoms. The number of methoxy groups -OCH3 is 1. The first kappa shape index (κ1) is 24.7. The van der Waals surface area contributed by atoms with Gasteiger partial charge in [-0.1, -0.05) is 53.6 Å². The van der Waals surface area contributed by atoms with Crippen molar-refractivity contribution in [1.29, 1.82) is 0 Å². The Balaban J connectivity index is 1.47. The highest BCUT2D eigenvalue weighted by Crippen LogP contribution is 2.37. The molecule has 0 saturated carbocycles. The molecule has 3 aromatic carbocycles. The second-order valence-corrected chi connectivity index (χ2v) is 9.22. The van der Waals surface area contributed by atoms with Crippen molar-refractivity contribution in [1.82, 2.24) is 4.90 Å². The molecule has 35 heavy (non-hydrogen) atoms. The van der Waals surface area contributed by atoms with E-state index in [4.69, 9.17) is 25.8 Å². The zero-order valence-electron chi connectivity index (χ0n) is 19.3. The van der Waals surface area contributed by atoms with Gasteiger partial charge in [-0.2, -0.15) is 0 Å². The van der Waals surface area contributed by atoms with Gasteiger partial charge in [0.05, 0.1) is 18.6 Å². The summed E-state index contributed by atoms with van der Waals surface area (Å²) in [6.45, 7) is 2.65. The van der Waals surface area contributed by atoms with Crippen LogP contribution in [0.1, 0.15) is 16.7 Å². The molecule has 1 fully saturated rings. The van der Waals surface area contributed by atoms with E-state index >= 15 is 0 Å². The molecule has 1 aliphatic heterocycles. The summed E-state index contributed by atoms with van der Waals surface area (Å²) in [4.78, 5) is 27.0. The highest BCUT2D eigenvalue weighted by molar-refractivity contribution is 8.18. The van der Waals surface area contributed by atoms with E-state index in [1.165, 1.54) is 4.90 Å². The number of carbonyl (C=O) groups excluding carboxylic acids is 2. The summed E-state index contributed by atoms with van der Waals surface area (Å²) in [7, 11) is 1.55. The monoisotopic (exact) mass is 509 g/mol. The largest absolute Gasteiger partial charge is 0.493 e. The molecule has 0 radical (unpaired) electrons. The van der Waals surface area contributed by atoms with Gasteiger partial charge < -0.3 is 14.2 Å². The summed E-state index contributed by atoms with van der Waals surface area (Å²) in [5, 5.41) is 0.312. The second kappa shape index (κ2) is 11.3. The van der Waals surface area contributed by atoms with E-state index in [2.05, 4.69) is 0 Å². The molecule has 0 N–H and O–H groups in total. The van der Waals surface area contributed by atoms with Gasteiger partial charge in [0.25, 0.3) is 11.1 Å². The van der Waals surface area contributed by atoms with Gasteiger partial charge >= 0.3 is 0 Å². The Bertz CT molecular complexity index is 1240. The first-order valence-electron chi connectivity index (χ1n) is 10.9. The molecule has 0 atom stereocenters. The summed E-state index contributed by atoms with van der Waals surface area (Å²) in [5.74, 6) is 1.34. The third kappa shape index (κ3) is 6.18. The van der Waals surface area contributed by atoms with E-state index in [0.717, 1.165) is 22.9 Å². The van der Waals surface area contributed by atoms with Crippen LogP contribution in [0.2, 0.25) is 5.02 Å². The summed E-state index contributed by atoms with van der Waals surface area (Å²) in [5.41, 5.74) is 2.70. The smallest absolute Gasteiger partial charge is 0.293 e. The second-order valence-electron chi connectivity index (χ2n) is 7.79. The van der Waals surface area contributed by atoms with E-state index < -0.39 is 0 Å². The minimum atomic E-state index is -0.362. The third-order valence-electron chi connectivity index (χ3n) is 5.29. The zero-order chi connectivity index (χ0) is 24.8. The van der Waals surface area contributed by atoms with Gasteiger partial charge in [0.2, 0.25) is 0 Å². The standard InChI is InChI=1S/C27H24ClNO5S/c1-18-6-12-22(13-7-18)33-15-14-29-26(30)24(35-27(29)31)16-20-4-3-5-23(32-2)25(20)34-17-19-8-10-21(28)11-9-19/h3-13,16H,14-15,17H2,1-2H3/b24-16-. The molecule has 1 aliphatic rings. The van der Waals surface area contributed by atoms with Gasteiger partial charge in [-0.05, 0) is 60.7 Å². The fourth-order valence-electron chi connectivity index (χ4n) is 3.42. The van der Waals surface area contributed by atoms with E-state index in [-0.39, 0.29) is 30.9 Å². The number of aryl methyl sites for hydroxylation is 1. The van der Waals surface area contributed by atoms with E-state index in [1.807, 2.05) is 49.4 Å². The molecule has 1 heterocycles. The molecule has 0 unspecified atom stereocenters. The maximum absolute atomic E-state index is 13.0. The molecule has 0 aromatic heterocycles. The zero-order valence-corrected chi connectivity index (χ0v) is 20.9. The topological polar surface area (TPSA) is 65.1 Å². The van der Waals surface area contributed by atoms with Gasteiger partial charge in [-0.3, -0.25) is 14.5 Å². The van der Waals surface area contributed by atoms with Crippen molar-refractivity contribution >= 4 is 40.6 Å². The maximum Gasteiger partial charge on any atom is 0.293 e. The number of carbonyl (C=O) groups is 2. The van der Waals surface area contributed by atoms with Crippen LogP contribution >= 0.6 is 23.4 Å². The first-order valence-corrected chi connectivity index (χ1v) is 12.1. The molecule has 0 spiro atoms. The van der Waals surface area contributed by atoms with Gasteiger partial charge in [0.1, 0.15) is 19.0 Å². The number of para-hydroxylation sites is 1. The molecule has 1 saturated heterocycles. The predicted octanol–water partition coefficient (Wildman–Crippen LogP) is 6.35. The number of thioether (sulfide) groups is 1. The Labute approximate surface area is 213 Å². The Morgan fingerprint density at radius 3 is 2.43 bits per heavy atom. The van der Waals surface area contributed by atoms with Crippen molar-refractivity contribution in [3.05, 3.63) is 93.3 Å². The number of nitrogens with zero attached hydrogens (tertiary/aromatic N) is 1. The van der Waals surface area contributed by atoms with Crippen molar-refractivity contribution in [3.63, 3.8) is 0 Å². The molecule has 4 rings (SSSR count). The summed E-state index contributed by atoms with van der Waals surface area (Å²) >= 11 is 6.86. The molecule has 3 aromatic rings. The van der Waals surface area contributed by atoms with E-state index in [1.54, 1.807) is 37.5 Å². The van der Waals surface area contributed by atoms with Crippen LogP contribution in [0, 0.1) is 6.92 Å². The maximum atomic E-state index is 13.0. The third-order valence-corrected chi connectivity index (χ3v) is 6.45. The van der Waals surface area contributed by atoms with Crippen molar-refractivity contribution in [3.8, 4) is 17.2 Å². The fourth-order valence-corrected chi connectivity index (χ4v) is 4.40. The van der Waals surface area contributed by atoms with Gasteiger partial charge in [0, 0.05) is 10.6 Å². The number of amides is 2. The number of rotatable bonds is 9. The van der Waals surface area contributed by atoms with Crippen LogP contribution in [0.4, 0.5) is 4.79 Å². The van der Waals surface area contributed by atoms with Crippen molar-refractivity contribution in [2.24, 2.45) is 0 Å². The first-order chi connectivity index (χ1) is 16.9. The Morgan fingerprint density at radius 2 is 1.71 bits per heavy atom. The Morgan fingerprint density at radius 1 is 0.971 bits per heavy atom. The van der Waals surface area contributed by atoms with Crippen LogP contribution in [0.15, 0.2) is 71.6 Å². The van der Waals surface area contributed by atoms with Crippen LogP contribution in [-0.4, -0.2) is 36.3 Å². The van der Waals surface area contributed by atoms with Gasteiger partial charge in [-0.25, -0.2) is 0 Å². The highest BCUT2D eigenvalue weighted by Gasteiger charge is 2.35. The molecule has 0 aliphatic carbocycles. The average molecular weight is 510 g/mol. The van der Waals surface area contributed by atoms with Crippen LogP contribution in [0.3, 0.4) is 0 Å². The number of ether oxygens (including phenoxy) is 3. The van der Waals surface area contributed by atoms with Gasteiger partial charge in [0.15, 0.2) is 11.5 Å². The van der Waals surface area contributed by atoms with Crippen molar-refractivity contribution < 1.29 is 23.8 Å². The van der Waals surface area contributed by atoms with Crippen molar-refractivity contribution in [2.45, 2.75) is 13.5 Å². The number of imide groups is 1. The summed E-state index contributed by atoms with van der Waals surface area (Å²) < 4.78 is 17.2. The molecule has 6 nitrogen and oxygen atoms in total. The minimum Gasteiger partial charge on any atom is -0.493 e. The van der Waals surface area contributed by atoms with Crippen LogP contribution in [0.5, 0.6) is 17.2 Å². The average Bonchev–Trinajstić information content (AvgIpc) is 3.12. The fraction of sp³-hybridized carbons (Fsp3) is 0.185. The van der Waals surface area contributed by atoms with Crippen LogP contribution in [-0.2, 0) is 11.4 Å².